The van der Waals surface area contributed by atoms with Crippen LogP contribution in [0.25, 0.3) is 0 Å². The minimum atomic E-state index is 0.408. The summed E-state index contributed by atoms with van der Waals surface area (Å²) in [4.78, 5) is 4.56. The molecule has 0 radical (unpaired) electrons. The van der Waals surface area contributed by atoms with Gasteiger partial charge in [0.15, 0.2) is 11.5 Å². The number of para-hydroxylation sites is 1. The number of hydrogen-bond acceptors (Lipinski definition) is 4. The maximum Gasteiger partial charge on any atom is 0.180 e. The van der Waals surface area contributed by atoms with Crippen LogP contribution in [-0.4, -0.2) is 12.8 Å². The monoisotopic (exact) mass is 471 g/mol. The number of hydrogen-bond donors (Lipinski definition) is 0. The minimum absolute atomic E-state index is 0.408. The Morgan fingerprint density at radius 1 is 0.824 bits per heavy atom. The Labute approximate surface area is 205 Å². The third-order valence-corrected chi connectivity index (χ3v) is 5.29. The van der Waals surface area contributed by atoms with Crippen molar-refractivity contribution in [3.05, 3.63) is 113 Å². The van der Waals surface area contributed by atoms with Crippen LogP contribution in [0.2, 0.25) is 5.02 Å². The Balaban J connectivity index is 1.46. The van der Waals surface area contributed by atoms with Crippen molar-refractivity contribution in [1.29, 1.82) is 0 Å². The molecule has 4 aromatic rings. The molecule has 0 fully saturated rings. The van der Waals surface area contributed by atoms with E-state index in [2.05, 4.69) is 24.0 Å². The first-order chi connectivity index (χ1) is 16.6. The number of aliphatic imine (C=N–C) groups is 1. The zero-order valence-corrected chi connectivity index (χ0v) is 20.0. The lowest BCUT2D eigenvalue weighted by molar-refractivity contribution is 0.269. The highest BCUT2D eigenvalue weighted by Gasteiger charge is 2.12. The molecule has 0 saturated heterocycles. The van der Waals surface area contributed by atoms with Crippen LogP contribution in [0.1, 0.15) is 23.6 Å². The van der Waals surface area contributed by atoms with Crippen LogP contribution in [0.5, 0.6) is 23.0 Å². The van der Waals surface area contributed by atoms with Gasteiger partial charge in [-0.15, -0.1) is 0 Å². The number of halogens is 1. The molecule has 5 heteroatoms. The number of rotatable bonds is 9. The average molecular weight is 472 g/mol. The summed E-state index contributed by atoms with van der Waals surface area (Å²) in [5.41, 5.74) is 3.89. The Hall–Kier alpha value is -3.76. The van der Waals surface area contributed by atoms with E-state index in [-0.39, 0.29) is 0 Å². The van der Waals surface area contributed by atoms with Gasteiger partial charge in [-0.2, -0.15) is 0 Å². The standard InChI is InChI=1S/C29H26ClNO3/c1-3-32-28-18-23(17-27(30)29(28)33-20-22-11-9-21(2)10-12-22)19-31-24-13-15-26(16-14-24)34-25-7-5-4-6-8-25/h4-19H,3,20H2,1-2H3. The molecule has 4 rings (SSSR count). The van der Waals surface area contributed by atoms with Gasteiger partial charge in [-0.1, -0.05) is 59.6 Å². The lowest BCUT2D eigenvalue weighted by atomic mass is 10.1. The number of ether oxygens (including phenoxy) is 3. The Kier molecular flexibility index (Phi) is 7.84. The zero-order valence-electron chi connectivity index (χ0n) is 19.2. The quantitative estimate of drug-likeness (QED) is 0.231. The predicted octanol–water partition coefficient (Wildman–Crippen LogP) is 8.17. The Morgan fingerprint density at radius 2 is 1.53 bits per heavy atom. The molecule has 0 bridgehead atoms. The van der Waals surface area contributed by atoms with Crippen molar-refractivity contribution in [2.75, 3.05) is 6.61 Å². The average Bonchev–Trinajstić information content (AvgIpc) is 2.85. The van der Waals surface area contributed by atoms with E-state index in [0.29, 0.717) is 29.7 Å². The molecule has 4 aromatic carbocycles. The molecule has 0 aliphatic carbocycles. The highest BCUT2D eigenvalue weighted by Crippen LogP contribution is 2.37. The Morgan fingerprint density at radius 3 is 2.24 bits per heavy atom. The first-order valence-electron chi connectivity index (χ1n) is 11.1. The summed E-state index contributed by atoms with van der Waals surface area (Å²) in [7, 11) is 0. The van der Waals surface area contributed by atoms with E-state index >= 15 is 0 Å². The SMILES string of the molecule is CCOc1cc(C=Nc2ccc(Oc3ccccc3)cc2)cc(Cl)c1OCc1ccc(C)cc1. The molecule has 4 nitrogen and oxygen atoms in total. The lowest BCUT2D eigenvalue weighted by Crippen LogP contribution is -2.01. The van der Waals surface area contributed by atoms with Crippen molar-refractivity contribution in [1.82, 2.24) is 0 Å². The van der Waals surface area contributed by atoms with Gasteiger partial charge in [0.05, 0.1) is 17.3 Å². The first-order valence-corrected chi connectivity index (χ1v) is 11.5. The maximum atomic E-state index is 6.56. The van der Waals surface area contributed by atoms with Crippen LogP contribution >= 0.6 is 11.6 Å². The second-order valence-electron chi connectivity index (χ2n) is 7.70. The molecule has 0 atom stereocenters. The van der Waals surface area contributed by atoms with Crippen LogP contribution in [0, 0.1) is 6.92 Å². The van der Waals surface area contributed by atoms with Crippen molar-refractivity contribution in [3.8, 4) is 23.0 Å². The fourth-order valence-electron chi connectivity index (χ4n) is 3.28. The maximum absolute atomic E-state index is 6.56. The molecule has 0 amide bonds. The molecular formula is C29H26ClNO3. The smallest absolute Gasteiger partial charge is 0.180 e. The highest BCUT2D eigenvalue weighted by atomic mass is 35.5. The summed E-state index contributed by atoms with van der Waals surface area (Å²) >= 11 is 6.56. The minimum Gasteiger partial charge on any atom is -0.490 e. The van der Waals surface area contributed by atoms with Crippen LogP contribution in [0.15, 0.2) is 96.0 Å². The van der Waals surface area contributed by atoms with Crippen molar-refractivity contribution in [3.63, 3.8) is 0 Å². The van der Waals surface area contributed by atoms with Crippen LogP contribution in [0.4, 0.5) is 5.69 Å². The topological polar surface area (TPSA) is 40.0 Å². The van der Waals surface area contributed by atoms with E-state index in [9.17, 15) is 0 Å². The second-order valence-corrected chi connectivity index (χ2v) is 8.11. The summed E-state index contributed by atoms with van der Waals surface area (Å²) in [6, 6.07) is 29.2. The molecule has 34 heavy (non-hydrogen) atoms. The first kappa shape index (κ1) is 23.4. The molecule has 0 aromatic heterocycles. The summed E-state index contributed by atoms with van der Waals surface area (Å²) in [6.07, 6.45) is 1.76. The van der Waals surface area contributed by atoms with E-state index in [1.54, 1.807) is 6.21 Å². The lowest BCUT2D eigenvalue weighted by Gasteiger charge is -2.14. The van der Waals surface area contributed by atoms with Gasteiger partial charge in [0.25, 0.3) is 0 Å². The second kappa shape index (κ2) is 11.4. The summed E-state index contributed by atoms with van der Waals surface area (Å²) < 4.78 is 17.6. The van der Waals surface area contributed by atoms with Crippen LogP contribution in [0.3, 0.4) is 0 Å². The fourth-order valence-corrected chi connectivity index (χ4v) is 3.55. The summed E-state index contributed by atoms with van der Waals surface area (Å²) in [5.74, 6) is 2.67. The van der Waals surface area contributed by atoms with E-state index in [1.807, 2.05) is 85.8 Å². The van der Waals surface area contributed by atoms with E-state index in [1.165, 1.54) is 5.56 Å². The molecule has 0 heterocycles. The third kappa shape index (κ3) is 6.40. The van der Waals surface area contributed by atoms with Gasteiger partial charge in [0.2, 0.25) is 0 Å². The van der Waals surface area contributed by atoms with Gasteiger partial charge < -0.3 is 14.2 Å². The number of nitrogens with zero attached hydrogens (tertiary/aromatic N) is 1. The number of benzene rings is 4. The molecule has 0 saturated carbocycles. The van der Waals surface area contributed by atoms with Gasteiger partial charge in [0, 0.05) is 6.21 Å². The number of aryl methyl sites for hydroxylation is 1. The molecular weight excluding hydrogens is 446 g/mol. The van der Waals surface area contributed by atoms with Crippen molar-refractivity contribution in [2.24, 2.45) is 4.99 Å². The molecule has 0 unspecified atom stereocenters. The van der Waals surface area contributed by atoms with Crippen molar-refractivity contribution < 1.29 is 14.2 Å². The van der Waals surface area contributed by atoms with Gasteiger partial charge in [-0.05, 0) is 73.5 Å². The Bertz CT molecular complexity index is 1240. The van der Waals surface area contributed by atoms with Crippen LogP contribution in [-0.2, 0) is 6.61 Å². The molecule has 0 N–H and O–H groups in total. The normalized spacial score (nSPS) is 10.9. The molecule has 0 aliphatic rings. The van der Waals surface area contributed by atoms with E-state index in [4.69, 9.17) is 25.8 Å². The van der Waals surface area contributed by atoms with Crippen molar-refractivity contribution in [2.45, 2.75) is 20.5 Å². The third-order valence-electron chi connectivity index (χ3n) is 5.01. The van der Waals surface area contributed by atoms with Gasteiger partial charge >= 0.3 is 0 Å². The highest BCUT2D eigenvalue weighted by molar-refractivity contribution is 6.32. The molecule has 172 valence electrons. The zero-order chi connectivity index (χ0) is 23.8. The van der Waals surface area contributed by atoms with E-state index in [0.717, 1.165) is 28.3 Å². The van der Waals surface area contributed by atoms with Crippen molar-refractivity contribution >= 4 is 23.5 Å². The summed E-state index contributed by atoms with van der Waals surface area (Å²) in [5, 5.41) is 0.478. The van der Waals surface area contributed by atoms with Gasteiger partial charge in [-0.3, -0.25) is 4.99 Å². The van der Waals surface area contributed by atoms with Crippen LogP contribution < -0.4 is 14.2 Å². The van der Waals surface area contributed by atoms with Gasteiger partial charge in [0.1, 0.15) is 18.1 Å². The van der Waals surface area contributed by atoms with Gasteiger partial charge in [-0.25, -0.2) is 0 Å². The molecule has 0 spiro atoms. The predicted molar refractivity (Wildman–Crippen MR) is 138 cm³/mol. The summed E-state index contributed by atoms with van der Waals surface area (Å²) in [6.45, 7) is 4.89. The fraction of sp³-hybridized carbons (Fsp3) is 0.138. The molecule has 0 aliphatic heterocycles. The van der Waals surface area contributed by atoms with E-state index < -0.39 is 0 Å². The largest absolute Gasteiger partial charge is 0.490 e.